The second-order valence-corrected chi connectivity index (χ2v) is 5.16. The van der Waals surface area contributed by atoms with E-state index >= 15 is 0 Å². The van der Waals surface area contributed by atoms with Crippen LogP contribution in [-0.2, 0) is 17.8 Å². The van der Waals surface area contributed by atoms with Crippen molar-refractivity contribution in [3.63, 3.8) is 0 Å². The van der Waals surface area contributed by atoms with Crippen molar-refractivity contribution < 1.29 is 4.79 Å². The van der Waals surface area contributed by atoms with Crippen LogP contribution in [0.2, 0.25) is 0 Å². The number of anilines is 1. The molecule has 0 radical (unpaired) electrons. The lowest BCUT2D eigenvalue weighted by Crippen LogP contribution is -2.15. The summed E-state index contributed by atoms with van der Waals surface area (Å²) in [5.41, 5.74) is 2.85. The first-order valence-corrected chi connectivity index (χ1v) is 7.11. The molecule has 1 heterocycles. The number of benzene rings is 1. The van der Waals surface area contributed by atoms with E-state index in [-0.39, 0.29) is 5.91 Å². The van der Waals surface area contributed by atoms with Crippen molar-refractivity contribution in [1.29, 1.82) is 0 Å². The molecule has 1 amide bonds. The molecule has 0 fully saturated rings. The fourth-order valence-corrected chi connectivity index (χ4v) is 2.23. The van der Waals surface area contributed by atoms with Crippen LogP contribution in [0.3, 0.4) is 0 Å². The van der Waals surface area contributed by atoms with Gasteiger partial charge in [-0.25, -0.2) is 4.98 Å². The normalized spacial score (nSPS) is 10.3. The molecule has 1 aromatic heterocycles. The first kappa shape index (κ1) is 14.7. The third kappa shape index (κ3) is 4.15. The standard InChI is InChI=1S/C15H16BrN3O/c1-17-10-11-4-6-13(7-5-11)19-14(20)9-12-3-2-8-18-15(12)16/h2-8,17H,9-10H2,1H3,(H,19,20). The van der Waals surface area contributed by atoms with Gasteiger partial charge in [-0.15, -0.1) is 0 Å². The number of carbonyl (C=O) groups excluding carboxylic acids is 1. The largest absolute Gasteiger partial charge is 0.326 e. The molecule has 0 spiro atoms. The highest BCUT2D eigenvalue weighted by Gasteiger charge is 2.07. The maximum atomic E-state index is 12.0. The number of halogens is 1. The topological polar surface area (TPSA) is 54.0 Å². The Hall–Kier alpha value is -1.72. The molecule has 0 aliphatic heterocycles. The van der Waals surface area contributed by atoms with Gasteiger partial charge < -0.3 is 10.6 Å². The van der Waals surface area contributed by atoms with Gasteiger partial charge in [-0.05, 0) is 52.3 Å². The molecule has 2 N–H and O–H groups in total. The Bertz CT molecular complexity index is 584. The minimum absolute atomic E-state index is 0.0555. The second kappa shape index (κ2) is 7.17. The van der Waals surface area contributed by atoms with E-state index in [1.807, 2.05) is 43.4 Å². The Morgan fingerprint density at radius 2 is 2.00 bits per heavy atom. The van der Waals surface area contributed by atoms with Crippen LogP contribution >= 0.6 is 15.9 Å². The number of aromatic nitrogens is 1. The van der Waals surface area contributed by atoms with Crippen LogP contribution in [0.4, 0.5) is 5.69 Å². The van der Waals surface area contributed by atoms with Crippen LogP contribution < -0.4 is 10.6 Å². The van der Waals surface area contributed by atoms with Crippen molar-refractivity contribution in [1.82, 2.24) is 10.3 Å². The van der Waals surface area contributed by atoms with Crippen molar-refractivity contribution in [2.75, 3.05) is 12.4 Å². The lowest BCUT2D eigenvalue weighted by atomic mass is 10.2. The van der Waals surface area contributed by atoms with E-state index in [0.717, 1.165) is 17.8 Å². The summed E-state index contributed by atoms with van der Waals surface area (Å²) in [6.45, 7) is 0.816. The zero-order chi connectivity index (χ0) is 14.4. The summed E-state index contributed by atoms with van der Waals surface area (Å²) in [5.74, 6) is -0.0555. The molecule has 5 heteroatoms. The van der Waals surface area contributed by atoms with Crippen molar-refractivity contribution in [3.8, 4) is 0 Å². The molecule has 0 aliphatic rings. The lowest BCUT2D eigenvalue weighted by Gasteiger charge is -2.07. The molecule has 1 aromatic carbocycles. The van der Waals surface area contributed by atoms with E-state index in [1.54, 1.807) is 6.20 Å². The average molecular weight is 334 g/mol. The van der Waals surface area contributed by atoms with Gasteiger partial charge in [0.2, 0.25) is 5.91 Å². The second-order valence-electron chi connectivity index (χ2n) is 4.41. The maximum absolute atomic E-state index is 12.0. The van der Waals surface area contributed by atoms with Crippen LogP contribution in [-0.4, -0.2) is 17.9 Å². The van der Waals surface area contributed by atoms with Gasteiger partial charge >= 0.3 is 0 Å². The highest BCUT2D eigenvalue weighted by molar-refractivity contribution is 9.10. The van der Waals surface area contributed by atoms with Crippen LogP contribution in [0.5, 0.6) is 0 Å². The van der Waals surface area contributed by atoms with Crippen LogP contribution in [0.25, 0.3) is 0 Å². The first-order valence-electron chi connectivity index (χ1n) is 6.32. The summed E-state index contributed by atoms with van der Waals surface area (Å²) in [5, 5.41) is 5.96. The first-order chi connectivity index (χ1) is 9.69. The Morgan fingerprint density at radius 3 is 2.65 bits per heavy atom. The highest BCUT2D eigenvalue weighted by Crippen LogP contribution is 2.15. The summed E-state index contributed by atoms with van der Waals surface area (Å²) >= 11 is 3.34. The molecule has 0 bridgehead atoms. The number of carbonyl (C=O) groups is 1. The van der Waals surface area contributed by atoms with E-state index < -0.39 is 0 Å². The van der Waals surface area contributed by atoms with Gasteiger partial charge in [0.1, 0.15) is 4.60 Å². The van der Waals surface area contributed by atoms with Crippen molar-refractivity contribution >= 4 is 27.5 Å². The SMILES string of the molecule is CNCc1ccc(NC(=O)Cc2cccnc2Br)cc1. The molecule has 0 atom stereocenters. The highest BCUT2D eigenvalue weighted by atomic mass is 79.9. The number of nitrogens with one attached hydrogen (secondary N) is 2. The predicted molar refractivity (Wildman–Crippen MR) is 83.5 cm³/mol. The van der Waals surface area contributed by atoms with Crippen molar-refractivity contribution in [2.24, 2.45) is 0 Å². The van der Waals surface area contributed by atoms with E-state index in [1.165, 1.54) is 5.56 Å². The van der Waals surface area contributed by atoms with Gasteiger partial charge in [-0.3, -0.25) is 4.79 Å². The Balaban J connectivity index is 1.96. The van der Waals surface area contributed by atoms with Crippen LogP contribution in [0, 0.1) is 0 Å². The van der Waals surface area contributed by atoms with E-state index in [4.69, 9.17) is 0 Å². The summed E-state index contributed by atoms with van der Waals surface area (Å²) in [6, 6.07) is 11.5. The molecule has 104 valence electrons. The smallest absolute Gasteiger partial charge is 0.228 e. The van der Waals surface area contributed by atoms with Crippen LogP contribution in [0.15, 0.2) is 47.2 Å². The molecule has 0 aliphatic carbocycles. The third-order valence-electron chi connectivity index (χ3n) is 2.81. The Kier molecular flexibility index (Phi) is 5.26. The van der Waals surface area contributed by atoms with Gasteiger partial charge in [-0.2, -0.15) is 0 Å². The number of pyridine rings is 1. The summed E-state index contributed by atoms with van der Waals surface area (Å²) < 4.78 is 0.708. The van der Waals surface area contributed by atoms with Gasteiger partial charge in [0.15, 0.2) is 0 Å². The molecular formula is C15H16BrN3O. The molecule has 2 aromatic rings. The van der Waals surface area contributed by atoms with Crippen LogP contribution in [0.1, 0.15) is 11.1 Å². The summed E-state index contributed by atoms with van der Waals surface area (Å²) in [7, 11) is 1.90. The number of hydrogen-bond donors (Lipinski definition) is 2. The lowest BCUT2D eigenvalue weighted by molar-refractivity contribution is -0.115. The fraction of sp³-hybridized carbons (Fsp3) is 0.200. The quantitative estimate of drug-likeness (QED) is 0.827. The summed E-state index contributed by atoms with van der Waals surface area (Å²) in [4.78, 5) is 16.1. The molecule has 0 saturated heterocycles. The monoisotopic (exact) mass is 333 g/mol. The number of amides is 1. The molecule has 2 rings (SSSR count). The molecule has 0 saturated carbocycles. The maximum Gasteiger partial charge on any atom is 0.228 e. The molecular weight excluding hydrogens is 318 g/mol. The minimum Gasteiger partial charge on any atom is -0.326 e. The van der Waals surface area contributed by atoms with E-state index in [2.05, 4.69) is 31.5 Å². The average Bonchev–Trinajstić information content (AvgIpc) is 2.44. The van der Waals surface area contributed by atoms with Gasteiger partial charge in [0.05, 0.1) is 6.42 Å². The zero-order valence-corrected chi connectivity index (χ0v) is 12.8. The van der Waals surface area contributed by atoms with Gasteiger partial charge in [-0.1, -0.05) is 18.2 Å². The minimum atomic E-state index is -0.0555. The van der Waals surface area contributed by atoms with E-state index in [0.29, 0.717) is 11.0 Å². The van der Waals surface area contributed by atoms with Crippen molar-refractivity contribution in [3.05, 3.63) is 58.3 Å². The number of rotatable bonds is 5. The summed E-state index contributed by atoms with van der Waals surface area (Å²) in [6.07, 6.45) is 1.98. The number of nitrogens with zero attached hydrogens (tertiary/aromatic N) is 1. The number of hydrogen-bond acceptors (Lipinski definition) is 3. The van der Waals surface area contributed by atoms with Gasteiger partial charge in [0.25, 0.3) is 0 Å². The molecule has 0 unspecified atom stereocenters. The zero-order valence-electron chi connectivity index (χ0n) is 11.2. The fourth-order valence-electron chi connectivity index (χ4n) is 1.84. The van der Waals surface area contributed by atoms with Gasteiger partial charge in [0, 0.05) is 18.4 Å². The Labute approximate surface area is 126 Å². The predicted octanol–water partition coefficient (Wildman–Crippen LogP) is 2.74. The van der Waals surface area contributed by atoms with Crippen molar-refractivity contribution in [2.45, 2.75) is 13.0 Å². The van der Waals surface area contributed by atoms with E-state index in [9.17, 15) is 4.79 Å². The Morgan fingerprint density at radius 1 is 1.25 bits per heavy atom. The third-order valence-corrected chi connectivity index (χ3v) is 3.52. The molecule has 4 nitrogen and oxygen atoms in total. The molecule has 20 heavy (non-hydrogen) atoms.